The summed E-state index contributed by atoms with van der Waals surface area (Å²) >= 11 is 0. The Bertz CT molecular complexity index is 718. The Morgan fingerprint density at radius 1 is 1.08 bits per heavy atom. The van der Waals surface area contributed by atoms with Crippen molar-refractivity contribution in [3.8, 4) is 5.75 Å². The van der Waals surface area contributed by atoms with Gasteiger partial charge in [0.1, 0.15) is 11.6 Å². The van der Waals surface area contributed by atoms with Gasteiger partial charge in [0.25, 0.3) is 5.91 Å². The summed E-state index contributed by atoms with van der Waals surface area (Å²) in [4.78, 5) is 24.2. The van der Waals surface area contributed by atoms with Crippen molar-refractivity contribution in [3.63, 3.8) is 0 Å². The number of benzene rings is 2. The van der Waals surface area contributed by atoms with Gasteiger partial charge in [-0.3, -0.25) is 9.59 Å². The van der Waals surface area contributed by atoms with Crippen molar-refractivity contribution >= 4 is 11.9 Å². The third-order valence-corrected chi connectivity index (χ3v) is 3.88. The fourth-order valence-corrected chi connectivity index (χ4v) is 2.43. The summed E-state index contributed by atoms with van der Waals surface area (Å²) in [5, 5.41) is 2.71. The Balaban J connectivity index is 1.92. The van der Waals surface area contributed by atoms with Crippen molar-refractivity contribution in [1.29, 1.82) is 0 Å². The average molecular weight is 359 g/mol. The van der Waals surface area contributed by atoms with Crippen molar-refractivity contribution in [2.75, 3.05) is 13.7 Å². The molecule has 6 heteroatoms. The normalized spacial score (nSPS) is 12.7. The highest BCUT2D eigenvalue weighted by molar-refractivity contribution is 5.81. The molecule has 0 saturated carbocycles. The standard InChI is InChI=1S/C20H22FNO4/c1-14(26-18-6-4-3-5-7-18)19(23)22-13-16(20(24)25-2)12-15-8-10-17(21)11-9-15/h3-11,14,16H,12-13H2,1-2H3,(H,22,23)/t14-,16-/m0/s1. The highest BCUT2D eigenvalue weighted by atomic mass is 19.1. The Morgan fingerprint density at radius 3 is 2.35 bits per heavy atom. The number of ether oxygens (including phenoxy) is 2. The smallest absolute Gasteiger partial charge is 0.310 e. The second-order valence-electron chi connectivity index (χ2n) is 5.87. The summed E-state index contributed by atoms with van der Waals surface area (Å²) in [6.45, 7) is 1.74. The zero-order valence-corrected chi connectivity index (χ0v) is 14.8. The SMILES string of the molecule is COC(=O)[C@H](CNC(=O)[C@H](C)Oc1ccccc1)Cc1ccc(F)cc1. The lowest BCUT2D eigenvalue weighted by molar-refractivity contribution is -0.145. The van der Waals surface area contributed by atoms with Gasteiger partial charge in [-0.05, 0) is 43.2 Å². The molecule has 1 N–H and O–H groups in total. The molecule has 2 rings (SSSR count). The minimum absolute atomic E-state index is 0.103. The topological polar surface area (TPSA) is 64.6 Å². The summed E-state index contributed by atoms with van der Waals surface area (Å²) in [5.41, 5.74) is 0.782. The summed E-state index contributed by atoms with van der Waals surface area (Å²) in [5.74, 6) is -1.10. The number of esters is 1. The van der Waals surface area contributed by atoms with E-state index in [9.17, 15) is 14.0 Å². The molecule has 0 aromatic heterocycles. The number of carbonyl (C=O) groups excluding carboxylic acids is 2. The number of hydrogen-bond donors (Lipinski definition) is 1. The quantitative estimate of drug-likeness (QED) is 0.736. The molecule has 2 aromatic rings. The van der Waals surface area contributed by atoms with E-state index in [-0.39, 0.29) is 18.3 Å². The van der Waals surface area contributed by atoms with Gasteiger partial charge in [0.2, 0.25) is 0 Å². The van der Waals surface area contributed by atoms with Gasteiger partial charge >= 0.3 is 5.97 Å². The first kappa shape index (κ1) is 19.4. The van der Waals surface area contributed by atoms with Crippen molar-refractivity contribution in [1.82, 2.24) is 5.32 Å². The predicted molar refractivity (Wildman–Crippen MR) is 95.2 cm³/mol. The number of amides is 1. The highest BCUT2D eigenvalue weighted by Gasteiger charge is 2.22. The number of rotatable bonds is 8. The van der Waals surface area contributed by atoms with E-state index in [1.165, 1.54) is 19.2 Å². The second kappa shape index (κ2) is 9.56. The molecule has 0 aliphatic rings. The Kier molecular flexibility index (Phi) is 7.14. The van der Waals surface area contributed by atoms with E-state index in [1.54, 1.807) is 31.2 Å². The summed E-state index contributed by atoms with van der Waals surface area (Å²) in [7, 11) is 1.29. The monoisotopic (exact) mass is 359 g/mol. The van der Waals surface area contributed by atoms with Crippen LogP contribution in [-0.2, 0) is 20.7 Å². The van der Waals surface area contributed by atoms with Crippen molar-refractivity contribution in [3.05, 3.63) is 66.0 Å². The molecule has 0 fully saturated rings. The molecule has 1 amide bonds. The molecule has 0 radical (unpaired) electrons. The van der Waals surface area contributed by atoms with Crippen LogP contribution in [0, 0.1) is 11.7 Å². The molecule has 138 valence electrons. The molecular formula is C20H22FNO4. The second-order valence-corrected chi connectivity index (χ2v) is 5.87. The lowest BCUT2D eigenvalue weighted by atomic mass is 9.99. The molecule has 5 nitrogen and oxygen atoms in total. The number of carbonyl (C=O) groups is 2. The minimum atomic E-state index is -0.707. The van der Waals surface area contributed by atoms with Crippen LogP contribution in [0.15, 0.2) is 54.6 Å². The molecule has 0 saturated heterocycles. The Labute approximate surface area is 152 Å². The molecule has 0 spiro atoms. The molecular weight excluding hydrogens is 337 g/mol. The lowest BCUT2D eigenvalue weighted by Gasteiger charge is -2.18. The van der Waals surface area contributed by atoms with Crippen LogP contribution in [0.1, 0.15) is 12.5 Å². The van der Waals surface area contributed by atoms with E-state index >= 15 is 0 Å². The van der Waals surface area contributed by atoms with Crippen molar-refractivity contribution in [2.45, 2.75) is 19.4 Å². The maximum atomic E-state index is 13.0. The van der Waals surface area contributed by atoms with Crippen LogP contribution >= 0.6 is 0 Å². The first-order valence-electron chi connectivity index (χ1n) is 8.31. The molecule has 0 bridgehead atoms. The zero-order valence-electron chi connectivity index (χ0n) is 14.8. The van der Waals surface area contributed by atoms with Gasteiger partial charge in [-0.25, -0.2) is 4.39 Å². The number of hydrogen-bond acceptors (Lipinski definition) is 4. The number of nitrogens with one attached hydrogen (secondary N) is 1. The average Bonchev–Trinajstić information content (AvgIpc) is 2.66. The third kappa shape index (κ3) is 5.88. The molecule has 2 atom stereocenters. The van der Waals surface area contributed by atoms with E-state index < -0.39 is 18.0 Å². The summed E-state index contributed by atoms with van der Waals surface area (Å²) < 4.78 is 23.4. The Hall–Kier alpha value is -2.89. The van der Waals surface area contributed by atoms with Crippen molar-refractivity contribution in [2.24, 2.45) is 5.92 Å². The van der Waals surface area contributed by atoms with Crippen LogP contribution in [0.3, 0.4) is 0 Å². The van der Waals surface area contributed by atoms with E-state index in [0.29, 0.717) is 12.2 Å². The summed E-state index contributed by atoms with van der Waals surface area (Å²) in [6.07, 6.45) is -0.372. The molecule has 26 heavy (non-hydrogen) atoms. The minimum Gasteiger partial charge on any atom is -0.481 e. The van der Waals surface area contributed by atoms with Gasteiger partial charge in [0.05, 0.1) is 13.0 Å². The van der Waals surface area contributed by atoms with Gasteiger partial charge < -0.3 is 14.8 Å². The van der Waals surface area contributed by atoms with Gasteiger partial charge in [0.15, 0.2) is 6.10 Å². The van der Waals surface area contributed by atoms with Crippen LogP contribution in [0.5, 0.6) is 5.75 Å². The maximum absolute atomic E-state index is 13.0. The zero-order chi connectivity index (χ0) is 18.9. The van der Waals surface area contributed by atoms with Gasteiger partial charge in [0, 0.05) is 6.54 Å². The first-order chi connectivity index (χ1) is 12.5. The summed E-state index contributed by atoms with van der Waals surface area (Å²) in [6, 6.07) is 14.9. The van der Waals surface area contributed by atoms with Gasteiger partial charge in [-0.1, -0.05) is 30.3 Å². The maximum Gasteiger partial charge on any atom is 0.310 e. The van der Waals surface area contributed by atoms with E-state index in [1.807, 2.05) is 18.2 Å². The first-order valence-corrected chi connectivity index (χ1v) is 8.31. The molecule has 0 unspecified atom stereocenters. The van der Waals surface area contributed by atoms with Crippen LogP contribution in [0.2, 0.25) is 0 Å². The molecule has 2 aromatic carbocycles. The fourth-order valence-electron chi connectivity index (χ4n) is 2.43. The molecule has 0 aliphatic heterocycles. The highest BCUT2D eigenvalue weighted by Crippen LogP contribution is 2.13. The number of methoxy groups -OCH3 is 1. The van der Waals surface area contributed by atoms with Crippen LogP contribution in [0.4, 0.5) is 4.39 Å². The number of para-hydroxylation sites is 1. The largest absolute Gasteiger partial charge is 0.481 e. The van der Waals surface area contributed by atoms with E-state index in [2.05, 4.69) is 5.32 Å². The predicted octanol–water partition coefficient (Wildman–Crippen LogP) is 2.74. The van der Waals surface area contributed by atoms with E-state index in [0.717, 1.165) is 5.56 Å². The molecule has 0 aliphatic carbocycles. The van der Waals surface area contributed by atoms with Crippen molar-refractivity contribution < 1.29 is 23.5 Å². The van der Waals surface area contributed by atoms with Gasteiger partial charge in [-0.2, -0.15) is 0 Å². The van der Waals surface area contributed by atoms with Crippen LogP contribution in [-0.4, -0.2) is 31.6 Å². The van der Waals surface area contributed by atoms with Gasteiger partial charge in [-0.15, -0.1) is 0 Å². The van der Waals surface area contributed by atoms with Crippen LogP contribution in [0.25, 0.3) is 0 Å². The van der Waals surface area contributed by atoms with Crippen LogP contribution < -0.4 is 10.1 Å². The third-order valence-electron chi connectivity index (χ3n) is 3.88. The molecule has 0 heterocycles. The Morgan fingerprint density at radius 2 is 1.73 bits per heavy atom. The fraction of sp³-hybridized carbons (Fsp3) is 0.300. The van der Waals surface area contributed by atoms with E-state index in [4.69, 9.17) is 9.47 Å². The number of halogens is 1. The lowest BCUT2D eigenvalue weighted by Crippen LogP contribution is -2.41.